The molecular formula is C60H39NO. The molecule has 11 aromatic carbocycles. The Morgan fingerprint density at radius 1 is 0.274 bits per heavy atom. The lowest BCUT2D eigenvalue weighted by molar-refractivity contribution is 0.669. The molecule has 0 amide bonds. The predicted molar refractivity (Wildman–Crippen MR) is 263 cm³/mol. The first-order valence-corrected chi connectivity index (χ1v) is 21.2. The Morgan fingerprint density at radius 2 is 0.790 bits per heavy atom. The van der Waals surface area contributed by atoms with E-state index in [2.05, 4.69) is 229 Å². The van der Waals surface area contributed by atoms with E-state index < -0.39 is 0 Å². The van der Waals surface area contributed by atoms with Crippen LogP contribution in [-0.4, -0.2) is 0 Å². The molecule has 0 unspecified atom stereocenters. The Kier molecular flexibility index (Phi) is 8.53. The van der Waals surface area contributed by atoms with Gasteiger partial charge in [-0.25, -0.2) is 0 Å². The highest BCUT2D eigenvalue weighted by molar-refractivity contribution is 6.15. The fourth-order valence-corrected chi connectivity index (χ4v) is 9.43. The molecule has 290 valence electrons. The lowest BCUT2D eigenvalue weighted by Gasteiger charge is -2.28. The molecule has 0 N–H and O–H groups in total. The second kappa shape index (κ2) is 14.8. The fraction of sp³-hybridized carbons (Fsp3) is 0. The van der Waals surface area contributed by atoms with Crippen LogP contribution in [0.2, 0.25) is 0 Å². The molecule has 0 radical (unpaired) electrons. The van der Waals surface area contributed by atoms with Crippen molar-refractivity contribution < 1.29 is 4.42 Å². The topological polar surface area (TPSA) is 16.4 Å². The van der Waals surface area contributed by atoms with Crippen molar-refractivity contribution in [1.82, 2.24) is 0 Å². The summed E-state index contributed by atoms with van der Waals surface area (Å²) in [6, 6.07) is 85.6. The third-order valence-corrected chi connectivity index (χ3v) is 12.5. The summed E-state index contributed by atoms with van der Waals surface area (Å²) in [4.78, 5) is 2.42. The van der Waals surface area contributed by atoms with E-state index >= 15 is 0 Å². The molecule has 0 aliphatic rings. The van der Waals surface area contributed by atoms with Gasteiger partial charge in [0.1, 0.15) is 11.2 Å². The number of para-hydroxylation sites is 1. The third kappa shape index (κ3) is 6.12. The van der Waals surface area contributed by atoms with Crippen molar-refractivity contribution in [2.45, 2.75) is 0 Å². The van der Waals surface area contributed by atoms with E-state index in [1.165, 1.54) is 65.7 Å². The molecule has 0 bridgehead atoms. The number of fused-ring (bicyclic) bond motifs is 7. The standard InChI is InChI=1S/C60H39NO/c1-2-12-40(13-3-1)41-22-24-45(25-23-41)60-51-17-7-4-14-43(51)30-36-52(60)44-28-34-49(35-29-44)61(57-39-47-15-5-6-16-50(47)53-18-8-9-19-54(53)57)48-32-26-42(27-33-48)46-31-37-59-56(38-46)55-20-10-11-21-58(55)62-59/h1-39H. The number of furan rings is 1. The average Bonchev–Trinajstić information content (AvgIpc) is 3.73. The van der Waals surface area contributed by atoms with Crippen molar-refractivity contribution in [2.24, 2.45) is 0 Å². The predicted octanol–water partition coefficient (Wildman–Crippen LogP) is 17.2. The van der Waals surface area contributed by atoms with E-state index in [4.69, 9.17) is 4.42 Å². The Labute approximate surface area is 360 Å². The molecule has 0 fully saturated rings. The van der Waals surface area contributed by atoms with Crippen LogP contribution in [0.15, 0.2) is 241 Å². The van der Waals surface area contributed by atoms with E-state index in [0.29, 0.717) is 0 Å². The molecule has 2 nitrogen and oxygen atoms in total. The smallest absolute Gasteiger partial charge is 0.135 e. The molecule has 2 heteroatoms. The van der Waals surface area contributed by atoms with Crippen molar-refractivity contribution >= 4 is 71.3 Å². The van der Waals surface area contributed by atoms with Crippen LogP contribution in [0.3, 0.4) is 0 Å². The van der Waals surface area contributed by atoms with Crippen molar-refractivity contribution in [3.05, 3.63) is 237 Å². The number of anilines is 3. The van der Waals surface area contributed by atoms with Crippen molar-refractivity contribution in [1.29, 1.82) is 0 Å². The normalized spacial score (nSPS) is 11.5. The van der Waals surface area contributed by atoms with Gasteiger partial charge in [0.25, 0.3) is 0 Å². The van der Waals surface area contributed by atoms with Crippen LogP contribution in [-0.2, 0) is 0 Å². The highest BCUT2D eigenvalue weighted by Gasteiger charge is 2.19. The number of hydrogen-bond donors (Lipinski definition) is 0. The van der Waals surface area contributed by atoms with Crippen LogP contribution in [0.1, 0.15) is 0 Å². The third-order valence-electron chi connectivity index (χ3n) is 12.5. The van der Waals surface area contributed by atoms with E-state index in [-0.39, 0.29) is 0 Å². The average molecular weight is 790 g/mol. The Balaban J connectivity index is 0.986. The second-order valence-corrected chi connectivity index (χ2v) is 16.1. The molecule has 0 aliphatic carbocycles. The highest BCUT2D eigenvalue weighted by Crippen LogP contribution is 2.45. The first kappa shape index (κ1) is 35.7. The monoisotopic (exact) mass is 789 g/mol. The molecule has 0 saturated heterocycles. The minimum Gasteiger partial charge on any atom is -0.456 e. The van der Waals surface area contributed by atoms with Gasteiger partial charge in [-0.2, -0.15) is 0 Å². The van der Waals surface area contributed by atoms with Crippen molar-refractivity contribution in [3.63, 3.8) is 0 Å². The molecule has 12 aromatic rings. The van der Waals surface area contributed by atoms with Crippen LogP contribution in [0.5, 0.6) is 0 Å². The van der Waals surface area contributed by atoms with Crippen LogP contribution in [0, 0.1) is 0 Å². The molecule has 0 spiro atoms. The molecule has 12 rings (SSSR count). The zero-order chi connectivity index (χ0) is 41.0. The fourth-order valence-electron chi connectivity index (χ4n) is 9.43. The van der Waals surface area contributed by atoms with Crippen molar-refractivity contribution in [3.8, 4) is 44.5 Å². The summed E-state index contributed by atoms with van der Waals surface area (Å²) in [5.41, 5.74) is 14.7. The Bertz CT molecular complexity index is 3600. The van der Waals surface area contributed by atoms with Crippen LogP contribution in [0.25, 0.3) is 98.8 Å². The minimum atomic E-state index is 0.904. The molecule has 62 heavy (non-hydrogen) atoms. The number of rotatable bonds is 7. The molecular weight excluding hydrogens is 751 g/mol. The number of benzene rings is 11. The summed E-state index contributed by atoms with van der Waals surface area (Å²) in [6.07, 6.45) is 0. The Hall–Kier alpha value is -8.20. The van der Waals surface area contributed by atoms with Gasteiger partial charge < -0.3 is 9.32 Å². The SMILES string of the molecule is c1ccc(-c2ccc(-c3c(-c4ccc(N(c5ccc(-c6ccc7oc8ccccc8c7c6)cc5)c5cc6ccccc6c6ccccc56)cc4)ccc4ccccc34)cc2)cc1. The van der Waals surface area contributed by atoms with Gasteiger partial charge in [-0.15, -0.1) is 0 Å². The van der Waals surface area contributed by atoms with Crippen LogP contribution in [0.4, 0.5) is 17.1 Å². The zero-order valence-electron chi connectivity index (χ0n) is 33.9. The molecule has 0 atom stereocenters. The molecule has 1 aromatic heterocycles. The first-order valence-electron chi connectivity index (χ1n) is 21.2. The minimum absolute atomic E-state index is 0.904. The van der Waals surface area contributed by atoms with E-state index in [0.717, 1.165) is 50.1 Å². The summed E-state index contributed by atoms with van der Waals surface area (Å²) in [5.74, 6) is 0. The van der Waals surface area contributed by atoms with Crippen LogP contribution < -0.4 is 4.90 Å². The summed E-state index contributed by atoms with van der Waals surface area (Å²) in [5, 5.41) is 9.63. The van der Waals surface area contributed by atoms with E-state index in [9.17, 15) is 0 Å². The van der Waals surface area contributed by atoms with Gasteiger partial charge in [0, 0.05) is 27.5 Å². The van der Waals surface area contributed by atoms with Gasteiger partial charge in [-0.05, 0) is 120 Å². The highest BCUT2D eigenvalue weighted by atomic mass is 16.3. The van der Waals surface area contributed by atoms with Crippen LogP contribution >= 0.6 is 0 Å². The van der Waals surface area contributed by atoms with E-state index in [1.807, 2.05) is 12.1 Å². The van der Waals surface area contributed by atoms with Gasteiger partial charge >= 0.3 is 0 Å². The zero-order valence-corrected chi connectivity index (χ0v) is 33.9. The maximum atomic E-state index is 6.15. The van der Waals surface area contributed by atoms with Gasteiger partial charge in [0.05, 0.1) is 5.69 Å². The number of hydrogen-bond acceptors (Lipinski definition) is 2. The molecule has 0 saturated carbocycles. The summed E-state index contributed by atoms with van der Waals surface area (Å²) in [7, 11) is 0. The quantitative estimate of drug-likeness (QED) is 0.150. The van der Waals surface area contributed by atoms with Gasteiger partial charge in [0.2, 0.25) is 0 Å². The number of nitrogens with zero attached hydrogens (tertiary/aromatic N) is 1. The summed E-state index contributed by atoms with van der Waals surface area (Å²) < 4.78 is 6.15. The largest absolute Gasteiger partial charge is 0.456 e. The summed E-state index contributed by atoms with van der Waals surface area (Å²) in [6.45, 7) is 0. The summed E-state index contributed by atoms with van der Waals surface area (Å²) >= 11 is 0. The van der Waals surface area contributed by atoms with Gasteiger partial charge in [-0.1, -0.05) is 188 Å². The lowest BCUT2D eigenvalue weighted by atomic mass is 9.89. The molecule has 0 aliphatic heterocycles. The lowest BCUT2D eigenvalue weighted by Crippen LogP contribution is -2.10. The maximum absolute atomic E-state index is 6.15. The van der Waals surface area contributed by atoms with Crippen molar-refractivity contribution in [2.75, 3.05) is 4.90 Å². The first-order chi connectivity index (χ1) is 30.7. The van der Waals surface area contributed by atoms with Gasteiger partial charge in [-0.3, -0.25) is 0 Å². The van der Waals surface area contributed by atoms with Gasteiger partial charge in [0.15, 0.2) is 0 Å². The Morgan fingerprint density at radius 3 is 1.55 bits per heavy atom. The maximum Gasteiger partial charge on any atom is 0.135 e. The second-order valence-electron chi connectivity index (χ2n) is 16.1. The van der Waals surface area contributed by atoms with E-state index in [1.54, 1.807) is 0 Å². The molecule has 1 heterocycles.